The van der Waals surface area contributed by atoms with Gasteiger partial charge in [-0.1, -0.05) is 58.4 Å². The number of aromatic amines is 1. The minimum Gasteiger partial charge on any atom is -0.490 e. The van der Waals surface area contributed by atoms with Gasteiger partial charge in [0, 0.05) is 10.0 Å². The van der Waals surface area contributed by atoms with Crippen LogP contribution in [-0.4, -0.2) is 27.7 Å². The zero-order valence-corrected chi connectivity index (χ0v) is 22.2. The Morgan fingerprint density at radius 1 is 1.12 bits per heavy atom. The first-order chi connectivity index (χ1) is 16.0. The van der Waals surface area contributed by atoms with Crippen LogP contribution in [0.3, 0.4) is 0 Å². The van der Waals surface area contributed by atoms with E-state index < -0.39 is 0 Å². The van der Waals surface area contributed by atoms with E-state index in [1.54, 1.807) is 10.9 Å². The Hall–Kier alpha value is -2.50. The highest BCUT2D eigenvalue weighted by Gasteiger charge is 2.13. The number of aromatic nitrogens is 3. The molecule has 0 bridgehead atoms. The van der Waals surface area contributed by atoms with E-state index in [4.69, 9.17) is 21.7 Å². The van der Waals surface area contributed by atoms with E-state index in [0.29, 0.717) is 35.3 Å². The summed E-state index contributed by atoms with van der Waals surface area (Å²) in [6.45, 7) is 2.92. The first-order valence-electron chi connectivity index (χ1n) is 10.2. The maximum atomic E-state index is 6.12. The van der Waals surface area contributed by atoms with Gasteiger partial charge in [-0.15, -0.1) is 0 Å². The molecule has 0 amide bonds. The smallest absolute Gasteiger partial charge is 0.216 e. The third-order valence-electron chi connectivity index (χ3n) is 4.63. The summed E-state index contributed by atoms with van der Waals surface area (Å²) in [4.78, 5) is 0. The van der Waals surface area contributed by atoms with Gasteiger partial charge in [0.1, 0.15) is 6.61 Å². The quantitative estimate of drug-likeness (QED) is 0.131. The molecule has 3 aromatic carbocycles. The Kier molecular flexibility index (Phi) is 7.94. The summed E-state index contributed by atoms with van der Waals surface area (Å²) < 4.78 is 16.0. The number of nitrogens with zero attached hydrogens (tertiary/aromatic N) is 3. The second kappa shape index (κ2) is 11.1. The number of ether oxygens (including phenoxy) is 2. The number of H-pyrrole nitrogens is 1. The lowest BCUT2D eigenvalue weighted by Crippen LogP contribution is -2.03. The van der Waals surface area contributed by atoms with Crippen molar-refractivity contribution in [3.05, 3.63) is 90.7 Å². The fourth-order valence-corrected chi connectivity index (χ4v) is 4.32. The van der Waals surface area contributed by atoms with Gasteiger partial charge in [0.05, 0.1) is 16.4 Å². The van der Waals surface area contributed by atoms with Crippen LogP contribution < -0.4 is 9.47 Å². The molecule has 0 radical (unpaired) electrons. The molecule has 0 atom stereocenters. The summed E-state index contributed by atoms with van der Waals surface area (Å²) in [6.07, 6.45) is 1.74. The average molecular weight is 635 g/mol. The van der Waals surface area contributed by atoms with Gasteiger partial charge in [-0.25, -0.2) is 5.10 Å². The molecule has 168 valence electrons. The van der Waals surface area contributed by atoms with Gasteiger partial charge >= 0.3 is 0 Å². The van der Waals surface area contributed by atoms with Crippen LogP contribution >= 0.6 is 50.7 Å². The minimum absolute atomic E-state index is 0.416. The van der Waals surface area contributed by atoms with Crippen LogP contribution in [0.25, 0.3) is 11.4 Å². The van der Waals surface area contributed by atoms with Crippen molar-refractivity contribution in [3.8, 4) is 22.9 Å². The highest BCUT2D eigenvalue weighted by atomic mass is 127. The van der Waals surface area contributed by atoms with Gasteiger partial charge in [-0.3, -0.25) is 0 Å². The van der Waals surface area contributed by atoms with E-state index >= 15 is 0 Å². The van der Waals surface area contributed by atoms with E-state index in [1.807, 2.05) is 73.7 Å². The summed E-state index contributed by atoms with van der Waals surface area (Å²) in [5.74, 6) is 2.02. The summed E-state index contributed by atoms with van der Waals surface area (Å²) in [5, 5.41) is 11.7. The normalized spacial score (nSPS) is 11.1. The van der Waals surface area contributed by atoms with Gasteiger partial charge in [0.2, 0.25) is 4.77 Å². The molecule has 0 fully saturated rings. The summed E-state index contributed by atoms with van der Waals surface area (Å²) in [5.41, 5.74) is 2.86. The van der Waals surface area contributed by atoms with Crippen LogP contribution in [0, 0.1) is 8.34 Å². The van der Waals surface area contributed by atoms with Crippen LogP contribution in [0.1, 0.15) is 18.1 Å². The summed E-state index contributed by atoms with van der Waals surface area (Å²) in [7, 11) is 0. The highest BCUT2D eigenvalue weighted by molar-refractivity contribution is 14.1. The lowest BCUT2D eigenvalue weighted by Gasteiger charge is -2.15. The fraction of sp³-hybridized carbons (Fsp3) is 0.125. The molecule has 33 heavy (non-hydrogen) atoms. The third-order valence-corrected chi connectivity index (χ3v) is 6.23. The molecule has 6 nitrogen and oxygen atoms in total. The number of halogens is 2. The zero-order chi connectivity index (χ0) is 23.2. The minimum atomic E-state index is 0.416. The molecule has 0 spiro atoms. The lowest BCUT2D eigenvalue weighted by molar-refractivity contribution is 0.267. The van der Waals surface area contributed by atoms with E-state index in [-0.39, 0.29) is 0 Å². The Labute approximate surface area is 218 Å². The molecule has 0 saturated heterocycles. The van der Waals surface area contributed by atoms with Gasteiger partial charge < -0.3 is 9.47 Å². The number of hydrogen-bond donors (Lipinski definition) is 1. The zero-order valence-electron chi connectivity index (χ0n) is 17.7. The molecular formula is C24H20BrIN4O2S. The number of hydrogen-bond acceptors (Lipinski definition) is 5. The Bertz CT molecular complexity index is 1320. The van der Waals surface area contributed by atoms with Crippen LogP contribution in [-0.2, 0) is 6.61 Å². The van der Waals surface area contributed by atoms with Crippen molar-refractivity contribution in [3.63, 3.8) is 0 Å². The van der Waals surface area contributed by atoms with E-state index in [2.05, 4.69) is 53.8 Å². The number of nitrogens with one attached hydrogen (secondary N) is 1. The topological polar surface area (TPSA) is 64.4 Å². The molecule has 0 aliphatic heterocycles. The first-order valence-corrected chi connectivity index (χ1v) is 12.4. The first kappa shape index (κ1) is 23.7. The predicted octanol–water partition coefficient (Wildman–Crippen LogP) is 6.83. The van der Waals surface area contributed by atoms with Crippen LogP contribution in [0.2, 0.25) is 0 Å². The molecule has 4 aromatic rings. The van der Waals surface area contributed by atoms with E-state index in [1.165, 1.54) is 0 Å². The van der Waals surface area contributed by atoms with Crippen LogP contribution in [0.5, 0.6) is 11.5 Å². The SMILES string of the molecule is CCOc1cc(/C=N\n2c(-c3ccccc3)n[nH]c2=S)cc(I)c1OCc1ccc(Br)cc1. The molecule has 1 aromatic heterocycles. The standard InChI is InChI=1S/C24H20BrIN4O2S/c1-2-31-21-13-17(12-20(26)22(21)32-15-16-8-10-19(25)11-9-16)14-27-30-23(28-29-24(30)33)18-6-4-3-5-7-18/h3-14H,2,15H2,1H3,(H,29,33)/b27-14-. The molecule has 0 saturated carbocycles. The molecule has 0 unspecified atom stereocenters. The van der Waals surface area contributed by atoms with Crippen molar-refractivity contribution in [2.45, 2.75) is 13.5 Å². The summed E-state index contributed by atoms with van der Waals surface area (Å²) in [6, 6.07) is 21.7. The van der Waals surface area contributed by atoms with Crippen LogP contribution in [0.4, 0.5) is 0 Å². The van der Waals surface area contributed by atoms with E-state index in [0.717, 1.165) is 24.7 Å². The fourth-order valence-electron chi connectivity index (χ4n) is 3.10. The molecule has 0 aliphatic rings. The lowest BCUT2D eigenvalue weighted by atomic mass is 10.2. The summed E-state index contributed by atoms with van der Waals surface area (Å²) >= 11 is 11.1. The van der Waals surface area contributed by atoms with Crippen molar-refractivity contribution in [1.29, 1.82) is 0 Å². The van der Waals surface area contributed by atoms with Crippen molar-refractivity contribution < 1.29 is 9.47 Å². The van der Waals surface area contributed by atoms with Crippen molar-refractivity contribution in [1.82, 2.24) is 14.9 Å². The maximum Gasteiger partial charge on any atom is 0.216 e. The Morgan fingerprint density at radius 2 is 1.88 bits per heavy atom. The van der Waals surface area contributed by atoms with Gasteiger partial charge in [-0.05, 0) is 77.1 Å². The molecule has 1 N–H and O–H groups in total. The van der Waals surface area contributed by atoms with Crippen molar-refractivity contribution >= 4 is 57.0 Å². The maximum absolute atomic E-state index is 6.12. The van der Waals surface area contributed by atoms with E-state index in [9.17, 15) is 0 Å². The van der Waals surface area contributed by atoms with Gasteiger partial charge in [0.25, 0.3) is 0 Å². The van der Waals surface area contributed by atoms with Gasteiger partial charge in [-0.2, -0.15) is 14.9 Å². The molecule has 0 aliphatic carbocycles. The van der Waals surface area contributed by atoms with Crippen molar-refractivity contribution in [2.24, 2.45) is 5.10 Å². The van der Waals surface area contributed by atoms with Gasteiger partial charge in [0.15, 0.2) is 17.3 Å². The Balaban J connectivity index is 1.61. The Morgan fingerprint density at radius 3 is 2.61 bits per heavy atom. The highest BCUT2D eigenvalue weighted by Crippen LogP contribution is 2.34. The molecule has 1 heterocycles. The largest absolute Gasteiger partial charge is 0.490 e. The molecule has 9 heteroatoms. The monoisotopic (exact) mass is 634 g/mol. The second-order valence-corrected chi connectivity index (χ2v) is 9.42. The molecule has 4 rings (SSSR count). The second-order valence-electron chi connectivity index (χ2n) is 6.95. The third kappa shape index (κ3) is 5.90. The average Bonchev–Trinajstić information content (AvgIpc) is 3.19. The molecular weight excluding hydrogens is 615 g/mol. The number of rotatable bonds is 8. The van der Waals surface area contributed by atoms with Crippen molar-refractivity contribution in [2.75, 3.05) is 6.61 Å². The predicted molar refractivity (Wildman–Crippen MR) is 145 cm³/mol. The number of benzene rings is 3. The van der Waals surface area contributed by atoms with Crippen LogP contribution in [0.15, 0.2) is 76.3 Å².